The molecule has 1 atom stereocenters. The van der Waals surface area contributed by atoms with Crippen LogP contribution in [-0.2, 0) is 4.74 Å². The van der Waals surface area contributed by atoms with Crippen LogP contribution in [0.4, 0.5) is 0 Å². The molecule has 0 radical (unpaired) electrons. The zero-order valence-electron chi connectivity index (χ0n) is 9.42. The second-order valence-electron chi connectivity index (χ2n) is 3.97. The van der Waals surface area contributed by atoms with Crippen molar-refractivity contribution in [2.24, 2.45) is 5.92 Å². The Kier molecular flexibility index (Phi) is 8.94. The molecule has 1 unspecified atom stereocenters. The first-order valence-electron chi connectivity index (χ1n) is 5.69. The first-order chi connectivity index (χ1) is 6.38. The molecule has 86 valence electrons. The molecule has 0 aliphatic carbocycles. The zero-order chi connectivity index (χ0) is 9.52. The summed E-state index contributed by atoms with van der Waals surface area (Å²) in [7, 11) is 0. The largest absolute Gasteiger partial charge is 0.379 e. The van der Waals surface area contributed by atoms with Crippen LogP contribution in [0.25, 0.3) is 0 Å². The number of rotatable bonds is 5. The topological polar surface area (TPSA) is 21.3 Å². The van der Waals surface area contributed by atoms with Crippen molar-refractivity contribution in [3.63, 3.8) is 0 Å². The quantitative estimate of drug-likeness (QED) is 0.826. The SMILES string of the molecule is Br.CCCC(CCC)C1COCCN1. The molecule has 3 heteroatoms. The molecular formula is C11H24BrNO. The number of hydrogen-bond donors (Lipinski definition) is 1. The molecule has 1 aliphatic rings. The molecule has 0 saturated carbocycles. The van der Waals surface area contributed by atoms with E-state index in [1.165, 1.54) is 25.7 Å². The normalized spacial score (nSPS) is 22.1. The Bertz CT molecular complexity index is 120. The summed E-state index contributed by atoms with van der Waals surface area (Å²) >= 11 is 0. The van der Waals surface area contributed by atoms with Crippen LogP contribution in [0.5, 0.6) is 0 Å². The van der Waals surface area contributed by atoms with Gasteiger partial charge in [-0.05, 0) is 18.8 Å². The van der Waals surface area contributed by atoms with Crippen LogP contribution in [0.1, 0.15) is 39.5 Å². The summed E-state index contributed by atoms with van der Waals surface area (Å²) in [6.45, 7) is 7.39. The Balaban J connectivity index is 0.00000169. The van der Waals surface area contributed by atoms with Gasteiger partial charge < -0.3 is 10.1 Å². The van der Waals surface area contributed by atoms with E-state index in [1.54, 1.807) is 0 Å². The van der Waals surface area contributed by atoms with Gasteiger partial charge in [0.15, 0.2) is 0 Å². The van der Waals surface area contributed by atoms with Gasteiger partial charge in [-0.25, -0.2) is 0 Å². The highest BCUT2D eigenvalue weighted by atomic mass is 79.9. The lowest BCUT2D eigenvalue weighted by atomic mass is 9.90. The van der Waals surface area contributed by atoms with Gasteiger partial charge in [-0.2, -0.15) is 0 Å². The van der Waals surface area contributed by atoms with Crippen LogP contribution >= 0.6 is 17.0 Å². The summed E-state index contributed by atoms with van der Waals surface area (Å²) < 4.78 is 5.49. The standard InChI is InChI=1S/C11H23NO.BrH/c1-3-5-10(6-4-2)11-9-13-8-7-12-11;/h10-12H,3-9H2,1-2H3;1H. The van der Waals surface area contributed by atoms with Crippen molar-refractivity contribution in [2.75, 3.05) is 19.8 Å². The van der Waals surface area contributed by atoms with Crippen LogP contribution in [0.15, 0.2) is 0 Å². The molecule has 1 saturated heterocycles. The van der Waals surface area contributed by atoms with Crippen LogP contribution < -0.4 is 5.32 Å². The van der Waals surface area contributed by atoms with Crippen molar-refractivity contribution in [3.8, 4) is 0 Å². The number of hydrogen-bond acceptors (Lipinski definition) is 2. The minimum Gasteiger partial charge on any atom is -0.379 e. The molecule has 1 heterocycles. The van der Waals surface area contributed by atoms with E-state index in [4.69, 9.17) is 4.74 Å². The molecule has 1 N–H and O–H groups in total. The van der Waals surface area contributed by atoms with Crippen molar-refractivity contribution >= 4 is 17.0 Å². The van der Waals surface area contributed by atoms with Gasteiger partial charge in [0, 0.05) is 12.6 Å². The summed E-state index contributed by atoms with van der Waals surface area (Å²) in [4.78, 5) is 0. The fourth-order valence-electron chi connectivity index (χ4n) is 2.18. The van der Waals surface area contributed by atoms with E-state index < -0.39 is 0 Å². The van der Waals surface area contributed by atoms with Crippen molar-refractivity contribution in [1.82, 2.24) is 5.32 Å². The lowest BCUT2D eigenvalue weighted by molar-refractivity contribution is 0.0528. The maximum absolute atomic E-state index is 5.49. The molecule has 0 spiro atoms. The number of ether oxygens (including phenoxy) is 1. The highest BCUT2D eigenvalue weighted by Gasteiger charge is 2.21. The molecule has 1 fully saturated rings. The molecule has 14 heavy (non-hydrogen) atoms. The lowest BCUT2D eigenvalue weighted by Crippen LogP contribution is -2.46. The van der Waals surface area contributed by atoms with Gasteiger partial charge in [0.05, 0.1) is 13.2 Å². The highest BCUT2D eigenvalue weighted by molar-refractivity contribution is 8.93. The van der Waals surface area contributed by atoms with E-state index in [0.717, 1.165) is 25.7 Å². The van der Waals surface area contributed by atoms with Gasteiger partial charge in [0.25, 0.3) is 0 Å². The van der Waals surface area contributed by atoms with Crippen LogP contribution in [0, 0.1) is 5.92 Å². The van der Waals surface area contributed by atoms with E-state index in [2.05, 4.69) is 19.2 Å². The Morgan fingerprint density at radius 1 is 1.29 bits per heavy atom. The summed E-state index contributed by atoms with van der Waals surface area (Å²) in [5.74, 6) is 0.829. The zero-order valence-corrected chi connectivity index (χ0v) is 11.1. The van der Waals surface area contributed by atoms with E-state index in [-0.39, 0.29) is 17.0 Å². The predicted molar refractivity (Wildman–Crippen MR) is 66.2 cm³/mol. The van der Waals surface area contributed by atoms with Crippen molar-refractivity contribution in [1.29, 1.82) is 0 Å². The fourth-order valence-corrected chi connectivity index (χ4v) is 2.18. The summed E-state index contributed by atoms with van der Waals surface area (Å²) in [5, 5.41) is 3.56. The molecule has 0 aromatic rings. The number of morpholine rings is 1. The van der Waals surface area contributed by atoms with Gasteiger partial charge in [0.1, 0.15) is 0 Å². The van der Waals surface area contributed by atoms with E-state index in [0.29, 0.717) is 6.04 Å². The van der Waals surface area contributed by atoms with E-state index in [9.17, 15) is 0 Å². The van der Waals surface area contributed by atoms with E-state index in [1.807, 2.05) is 0 Å². The Morgan fingerprint density at radius 2 is 1.93 bits per heavy atom. The second-order valence-corrected chi connectivity index (χ2v) is 3.97. The molecule has 0 bridgehead atoms. The van der Waals surface area contributed by atoms with Crippen LogP contribution in [0.2, 0.25) is 0 Å². The van der Waals surface area contributed by atoms with Gasteiger partial charge in [-0.3, -0.25) is 0 Å². The second kappa shape index (κ2) is 8.69. The highest BCUT2D eigenvalue weighted by Crippen LogP contribution is 2.19. The third-order valence-corrected chi connectivity index (χ3v) is 2.84. The third kappa shape index (κ3) is 4.76. The molecule has 0 aromatic carbocycles. The fraction of sp³-hybridized carbons (Fsp3) is 1.00. The molecule has 1 rings (SSSR count). The van der Waals surface area contributed by atoms with Gasteiger partial charge in [-0.1, -0.05) is 26.7 Å². The minimum atomic E-state index is 0. The number of halogens is 1. The Hall–Kier alpha value is 0.400. The van der Waals surface area contributed by atoms with Crippen molar-refractivity contribution in [2.45, 2.75) is 45.6 Å². The lowest BCUT2D eigenvalue weighted by Gasteiger charge is -2.31. The first-order valence-corrected chi connectivity index (χ1v) is 5.69. The maximum atomic E-state index is 5.49. The van der Waals surface area contributed by atoms with Gasteiger partial charge >= 0.3 is 0 Å². The summed E-state index contributed by atoms with van der Waals surface area (Å²) in [5.41, 5.74) is 0. The van der Waals surface area contributed by atoms with E-state index >= 15 is 0 Å². The van der Waals surface area contributed by atoms with Gasteiger partial charge in [0.2, 0.25) is 0 Å². The Labute approximate surface area is 98.6 Å². The Morgan fingerprint density at radius 3 is 2.36 bits per heavy atom. The van der Waals surface area contributed by atoms with Crippen LogP contribution in [-0.4, -0.2) is 25.8 Å². The minimum absolute atomic E-state index is 0. The summed E-state index contributed by atoms with van der Waals surface area (Å²) in [6, 6.07) is 0.619. The van der Waals surface area contributed by atoms with Crippen LogP contribution in [0.3, 0.4) is 0 Å². The third-order valence-electron chi connectivity index (χ3n) is 2.84. The average Bonchev–Trinajstić information content (AvgIpc) is 2.19. The molecule has 0 amide bonds. The molecule has 2 nitrogen and oxygen atoms in total. The molecular weight excluding hydrogens is 242 g/mol. The molecule has 1 aliphatic heterocycles. The predicted octanol–water partition coefficient (Wildman–Crippen LogP) is 2.77. The van der Waals surface area contributed by atoms with Gasteiger partial charge in [-0.15, -0.1) is 17.0 Å². The monoisotopic (exact) mass is 265 g/mol. The summed E-state index contributed by atoms with van der Waals surface area (Å²) in [6.07, 6.45) is 5.27. The smallest absolute Gasteiger partial charge is 0.0622 e. The van der Waals surface area contributed by atoms with Crippen molar-refractivity contribution in [3.05, 3.63) is 0 Å². The van der Waals surface area contributed by atoms with Crippen molar-refractivity contribution < 1.29 is 4.74 Å². The average molecular weight is 266 g/mol. The maximum Gasteiger partial charge on any atom is 0.0622 e. The molecule has 0 aromatic heterocycles. The first kappa shape index (κ1) is 14.4. The number of nitrogens with one attached hydrogen (secondary N) is 1.